The zero-order valence-electron chi connectivity index (χ0n) is 15.0. The molecule has 2 N–H and O–H groups in total. The lowest BCUT2D eigenvalue weighted by atomic mass is 10.0. The van der Waals surface area contributed by atoms with E-state index < -0.39 is 5.60 Å². The SMILES string of the molecule is CC(Cc1ccc(Br)cc1)NCC(C)(C)NC(=O)OC(C)(C)C. The van der Waals surface area contributed by atoms with Gasteiger partial charge in [-0.25, -0.2) is 4.79 Å². The maximum atomic E-state index is 11.9. The first-order valence-electron chi connectivity index (χ1n) is 7.96. The first-order chi connectivity index (χ1) is 10.5. The van der Waals surface area contributed by atoms with Crippen molar-refractivity contribution in [1.82, 2.24) is 10.6 Å². The molecule has 5 heteroatoms. The Balaban J connectivity index is 2.42. The summed E-state index contributed by atoms with van der Waals surface area (Å²) in [5.74, 6) is 0. The van der Waals surface area contributed by atoms with Crippen molar-refractivity contribution in [1.29, 1.82) is 0 Å². The molecule has 130 valence electrons. The van der Waals surface area contributed by atoms with Gasteiger partial charge in [-0.3, -0.25) is 0 Å². The lowest BCUT2D eigenvalue weighted by Crippen LogP contribution is -2.53. The molecule has 1 unspecified atom stereocenters. The number of nitrogens with one attached hydrogen (secondary N) is 2. The fourth-order valence-corrected chi connectivity index (χ4v) is 2.36. The first-order valence-corrected chi connectivity index (χ1v) is 8.75. The molecule has 0 radical (unpaired) electrons. The topological polar surface area (TPSA) is 50.4 Å². The second-order valence-corrected chi connectivity index (χ2v) is 8.54. The van der Waals surface area contributed by atoms with Crippen LogP contribution in [0, 0.1) is 0 Å². The van der Waals surface area contributed by atoms with E-state index in [0.29, 0.717) is 12.6 Å². The van der Waals surface area contributed by atoms with Crippen LogP contribution in [0.1, 0.15) is 47.1 Å². The molecule has 0 bridgehead atoms. The van der Waals surface area contributed by atoms with Crippen LogP contribution in [0.5, 0.6) is 0 Å². The highest BCUT2D eigenvalue weighted by Crippen LogP contribution is 2.12. The number of hydrogen-bond donors (Lipinski definition) is 2. The van der Waals surface area contributed by atoms with E-state index in [-0.39, 0.29) is 11.6 Å². The van der Waals surface area contributed by atoms with Crippen LogP contribution in [0.15, 0.2) is 28.7 Å². The molecular formula is C18H29BrN2O2. The van der Waals surface area contributed by atoms with Gasteiger partial charge in [0.15, 0.2) is 0 Å². The van der Waals surface area contributed by atoms with Crippen molar-refractivity contribution in [2.75, 3.05) is 6.54 Å². The molecule has 1 atom stereocenters. The molecule has 1 rings (SSSR count). The molecule has 0 fully saturated rings. The summed E-state index contributed by atoms with van der Waals surface area (Å²) in [4.78, 5) is 11.9. The Bertz CT molecular complexity index is 507. The third-order valence-electron chi connectivity index (χ3n) is 3.19. The number of alkyl carbamates (subject to hydrolysis) is 1. The number of rotatable bonds is 6. The molecule has 0 aromatic heterocycles. The standard InChI is InChI=1S/C18H29BrN2O2/c1-13(11-14-7-9-15(19)10-8-14)20-12-18(5,6)21-16(22)23-17(2,3)4/h7-10,13,20H,11-12H2,1-6H3,(H,21,22). The Morgan fingerprint density at radius 2 is 1.74 bits per heavy atom. The lowest BCUT2D eigenvalue weighted by Gasteiger charge is -2.30. The van der Waals surface area contributed by atoms with Crippen molar-refractivity contribution < 1.29 is 9.53 Å². The van der Waals surface area contributed by atoms with Gasteiger partial charge in [-0.05, 0) is 65.7 Å². The fourth-order valence-electron chi connectivity index (χ4n) is 2.10. The van der Waals surface area contributed by atoms with Crippen LogP contribution in [0.2, 0.25) is 0 Å². The first kappa shape index (κ1) is 20.0. The van der Waals surface area contributed by atoms with Gasteiger partial charge < -0.3 is 15.4 Å². The minimum absolute atomic E-state index is 0.316. The summed E-state index contributed by atoms with van der Waals surface area (Å²) in [7, 11) is 0. The molecule has 1 aromatic rings. The van der Waals surface area contributed by atoms with Crippen molar-refractivity contribution >= 4 is 22.0 Å². The summed E-state index contributed by atoms with van der Waals surface area (Å²) >= 11 is 3.44. The average Bonchev–Trinajstić information content (AvgIpc) is 2.36. The molecule has 4 nitrogen and oxygen atoms in total. The average molecular weight is 385 g/mol. The maximum absolute atomic E-state index is 11.9. The molecular weight excluding hydrogens is 356 g/mol. The summed E-state index contributed by atoms with van der Waals surface area (Å²) in [5, 5.41) is 6.38. The van der Waals surface area contributed by atoms with Gasteiger partial charge in [0.05, 0.1) is 5.54 Å². The highest BCUT2D eigenvalue weighted by Gasteiger charge is 2.24. The van der Waals surface area contributed by atoms with Crippen LogP contribution in [-0.2, 0) is 11.2 Å². The molecule has 23 heavy (non-hydrogen) atoms. The fraction of sp³-hybridized carbons (Fsp3) is 0.611. The van der Waals surface area contributed by atoms with Crippen molar-refractivity contribution in [3.8, 4) is 0 Å². The van der Waals surface area contributed by atoms with Crippen LogP contribution >= 0.6 is 15.9 Å². The number of ether oxygens (including phenoxy) is 1. The molecule has 0 saturated carbocycles. The lowest BCUT2D eigenvalue weighted by molar-refractivity contribution is 0.0471. The Morgan fingerprint density at radius 1 is 1.17 bits per heavy atom. The summed E-state index contributed by atoms with van der Waals surface area (Å²) < 4.78 is 6.39. The monoisotopic (exact) mass is 384 g/mol. The number of benzene rings is 1. The maximum Gasteiger partial charge on any atom is 0.408 e. The van der Waals surface area contributed by atoms with Gasteiger partial charge >= 0.3 is 6.09 Å². The minimum atomic E-state index is -0.484. The van der Waals surface area contributed by atoms with Crippen LogP contribution in [0.3, 0.4) is 0 Å². The van der Waals surface area contributed by atoms with E-state index in [1.54, 1.807) is 0 Å². The number of carbonyl (C=O) groups excluding carboxylic acids is 1. The van der Waals surface area contributed by atoms with Crippen molar-refractivity contribution in [2.45, 2.75) is 65.1 Å². The van der Waals surface area contributed by atoms with E-state index in [0.717, 1.165) is 10.9 Å². The van der Waals surface area contributed by atoms with Gasteiger partial charge in [-0.15, -0.1) is 0 Å². The second kappa shape index (κ2) is 8.15. The predicted octanol–water partition coefficient (Wildman–Crippen LogP) is 4.27. The Hall–Kier alpha value is -1.07. The number of hydrogen-bond acceptors (Lipinski definition) is 3. The Morgan fingerprint density at radius 3 is 2.26 bits per heavy atom. The number of halogens is 1. The number of carbonyl (C=O) groups is 1. The van der Waals surface area contributed by atoms with Crippen LogP contribution in [0.4, 0.5) is 4.79 Å². The quantitative estimate of drug-likeness (QED) is 0.769. The van der Waals surface area contributed by atoms with Gasteiger partial charge in [0, 0.05) is 17.1 Å². The molecule has 0 aliphatic rings. The third-order valence-corrected chi connectivity index (χ3v) is 3.72. The molecule has 0 aliphatic carbocycles. The highest BCUT2D eigenvalue weighted by atomic mass is 79.9. The van der Waals surface area contributed by atoms with E-state index in [1.165, 1.54) is 5.56 Å². The summed E-state index contributed by atoms with van der Waals surface area (Å²) in [6.07, 6.45) is 0.556. The van der Waals surface area contributed by atoms with Crippen LogP contribution < -0.4 is 10.6 Å². The van der Waals surface area contributed by atoms with E-state index >= 15 is 0 Å². The molecule has 0 heterocycles. The van der Waals surface area contributed by atoms with Gasteiger partial charge in [0.1, 0.15) is 5.60 Å². The second-order valence-electron chi connectivity index (χ2n) is 7.62. The molecule has 0 aliphatic heterocycles. The normalized spacial score (nSPS) is 13.5. The minimum Gasteiger partial charge on any atom is -0.444 e. The van der Waals surface area contributed by atoms with Crippen LogP contribution in [0.25, 0.3) is 0 Å². The van der Waals surface area contributed by atoms with Gasteiger partial charge in [-0.2, -0.15) is 0 Å². The zero-order chi connectivity index (χ0) is 17.7. The smallest absolute Gasteiger partial charge is 0.408 e. The van der Waals surface area contributed by atoms with E-state index in [9.17, 15) is 4.79 Å². The summed E-state index contributed by atoms with van der Waals surface area (Å²) in [5.41, 5.74) is 0.421. The summed E-state index contributed by atoms with van der Waals surface area (Å²) in [6.45, 7) is 12.4. The van der Waals surface area contributed by atoms with Crippen LogP contribution in [-0.4, -0.2) is 29.8 Å². The van der Waals surface area contributed by atoms with Crippen molar-refractivity contribution in [3.63, 3.8) is 0 Å². The van der Waals surface area contributed by atoms with Gasteiger partial charge in [0.25, 0.3) is 0 Å². The van der Waals surface area contributed by atoms with E-state index in [2.05, 4.69) is 57.8 Å². The highest BCUT2D eigenvalue weighted by molar-refractivity contribution is 9.10. The van der Waals surface area contributed by atoms with Crippen molar-refractivity contribution in [2.24, 2.45) is 0 Å². The van der Waals surface area contributed by atoms with E-state index in [1.807, 2.05) is 34.6 Å². The number of amides is 1. The van der Waals surface area contributed by atoms with Crippen molar-refractivity contribution in [3.05, 3.63) is 34.3 Å². The van der Waals surface area contributed by atoms with Gasteiger partial charge in [-0.1, -0.05) is 28.1 Å². The molecule has 1 aromatic carbocycles. The molecule has 1 amide bonds. The van der Waals surface area contributed by atoms with Gasteiger partial charge in [0.2, 0.25) is 0 Å². The zero-order valence-corrected chi connectivity index (χ0v) is 16.6. The predicted molar refractivity (Wildman–Crippen MR) is 98.8 cm³/mol. The molecule has 0 spiro atoms. The third kappa shape index (κ3) is 8.96. The molecule has 0 saturated heterocycles. The Labute approximate surface area is 148 Å². The largest absolute Gasteiger partial charge is 0.444 e. The Kier molecular flexibility index (Phi) is 7.08. The summed E-state index contributed by atoms with van der Waals surface area (Å²) in [6, 6.07) is 8.65. The van der Waals surface area contributed by atoms with E-state index in [4.69, 9.17) is 4.74 Å².